The van der Waals surface area contributed by atoms with E-state index < -0.39 is 12.2 Å². The van der Waals surface area contributed by atoms with Crippen LogP contribution in [0.4, 0.5) is 0 Å². The highest BCUT2D eigenvalue weighted by molar-refractivity contribution is 5.97. The molecule has 0 fully saturated rings. The van der Waals surface area contributed by atoms with E-state index in [0.717, 1.165) is 0 Å². The monoisotopic (exact) mass is 280 g/mol. The minimum Gasteiger partial charge on any atom is -0.366 e. The molecule has 1 atom stereocenters. The van der Waals surface area contributed by atoms with Gasteiger partial charge in [-0.1, -0.05) is 6.92 Å². The van der Waals surface area contributed by atoms with E-state index in [2.05, 4.69) is 5.32 Å². The summed E-state index contributed by atoms with van der Waals surface area (Å²) >= 11 is 0. The zero-order valence-electron chi connectivity index (χ0n) is 11.9. The number of nitrogens with one attached hydrogen (secondary N) is 1. The molecule has 0 heterocycles. The summed E-state index contributed by atoms with van der Waals surface area (Å²) in [5, 5.41) is 2.83. The summed E-state index contributed by atoms with van der Waals surface area (Å²) in [4.78, 5) is 23.1. The fraction of sp³-hybridized carbons (Fsp3) is 0.429. The van der Waals surface area contributed by atoms with Crippen LogP contribution < -0.4 is 11.1 Å². The van der Waals surface area contributed by atoms with Gasteiger partial charge in [0.05, 0.1) is 6.04 Å². The molecule has 6 heteroatoms. The lowest BCUT2D eigenvalue weighted by atomic mass is 10.1. The van der Waals surface area contributed by atoms with Crippen LogP contribution in [0.25, 0.3) is 0 Å². The lowest BCUT2D eigenvalue weighted by molar-refractivity contribution is -0.121. The van der Waals surface area contributed by atoms with Crippen molar-refractivity contribution in [3.63, 3.8) is 0 Å². The first-order valence-electron chi connectivity index (χ1n) is 6.29. The standard InChI is InChI=1S/C14H20N2O4/c1-4-11(14(19-2)20-3)16-13(18)10-7-5-9(6-8-10)12(15)17/h5-8,11,14H,4H2,1-3H3,(H2,15,17)(H,16,18)/t11-/m1/s1. The van der Waals surface area contributed by atoms with Gasteiger partial charge in [-0.15, -0.1) is 0 Å². The summed E-state index contributed by atoms with van der Waals surface area (Å²) < 4.78 is 10.3. The quantitative estimate of drug-likeness (QED) is 0.726. The van der Waals surface area contributed by atoms with Crippen LogP contribution >= 0.6 is 0 Å². The molecule has 0 aromatic heterocycles. The van der Waals surface area contributed by atoms with E-state index in [4.69, 9.17) is 15.2 Å². The molecule has 110 valence electrons. The molecule has 0 aliphatic carbocycles. The molecule has 1 rings (SSSR count). The number of ether oxygens (including phenoxy) is 2. The van der Waals surface area contributed by atoms with E-state index >= 15 is 0 Å². The molecule has 1 aromatic carbocycles. The van der Waals surface area contributed by atoms with Gasteiger partial charge >= 0.3 is 0 Å². The van der Waals surface area contributed by atoms with Gasteiger partial charge in [-0.05, 0) is 30.7 Å². The Morgan fingerprint density at radius 2 is 1.65 bits per heavy atom. The highest BCUT2D eigenvalue weighted by Gasteiger charge is 2.21. The summed E-state index contributed by atoms with van der Waals surface area (Å²) in [5.41, 5.74) is 5.95. The molecule has 0 spiro atoms. The number of carbonyl (C=O) groups excluding carboxylic acids is 2. The SMILES string of the molecule is CC[C@@H](NC(=O)c1ccc(C(N)=O)cc1)C(OC)OC. The summed E-state index contributed by atoms with van der Waals surface area (Å²) in [6.45, 7) is 1.92. The zero-order valence-corrected chi connectivity index (χ0v) is 11.9. The number of amides is 2. The maximum atomic E-state index is 12.1. The van der Waals surface area contributed by atoms with E-state index in [0.29, 0.717) is 17.5 Å². The van der Waals surface area contributed by atoms with Crippen LogP contribution in [0.15, 0.2) is 24.3 Å². The molecule has 6 nitrogen and oxygen atoms in total. The largest absolute Gasteiger partial charge is 0.366 e. The number of benzene rings is 1. The molecule has 0 saturated heterocycles. The van der Waals surface area contributed by atoms with Gasteiger partial charge in [-0.2, -0.15) is 0 Å². The molecule has 3 N–H and O–H groups in total. The molecule has 0 aliphatic heterocycles. The third kappa shape index (κ3) is 4.04. The van der Waals surface area contributed by atoms with Crippen molar-refractivity contribution in [1.82, 2.24) is 5.32 Å². The average molecular weight is 280 g/mol. The topological polar surface area (TPSA) is 90.7 Å². The summed E-state index contributed by atoms with van der Waals surface area (Å²) in [5.74, 6) is -0.783. The van der Waals surface area contributed by atoms with Gasteiger partial charge in [0.1, 0.15) is 0 Å². The molecule has 2 amide bonds. The molecule has 0 unspecified atom stereocenters. The fourth-order valence-corrected chi connectivity index (χ4v) is 1.82. The Morgan fingerprint density at radius 1 is 1.15 bits per heavy atom. The van der Waals surface area contributed by atoms with Crippen LogP contribution in [0.2, 0.25) is 0 Å². The normalized spacial score (nSPS) is 12.2. The highest BCUT2D eigenvalue weighted by atomic mass is 16.7. The Kier molecular flexibility index (Phi) is 6.14. The molecule has 20 heavy (non-hydrogen) atoms. The third-order valence-corrected chi connectivity index (χ3v) is 2.98. The van der Waals surface area contributed by atoms with Crippen LogP contribution in [-0.4, -0.2) is 38.4 Å². The first kappa shape index (κ1) is 16.1. The van der Waals surface area contributed by atoms with Gasteiger partial charge in [-0.25, -0.2) is 0 Å². The number of hydrogen-bond donors (Lipinski definition) is 2. The second-order valence-corrected chi connectivity index (χ2v) is 4.27. The van der Waals surface area contributed by atoms with E-state index in [1.165, 1.54) is 26.4 Å². The van der Waals surface area contributed by atoms with E-state index in [-0.39, 0.29) is 11.9 Å². The number of methoxy groups -OCH3 is 2. The first-order valence-corrected chi connectivity index (χ1v) is 6.29. The van der Waals surface area contributed by atoms with Gasteiger partial charge in [0.25, 0.3) is 5.91 Å². The number of primary amides is 1. The fourth-order valence-electron chi connectivity index (χ4n) is 1.82. The molecule has 0 aliphatic rings. The zero-order chi connectivity index (χ0) is 15.1. The lowest BCUT2D eigenvalue weighted by Crippen LogP contribution is -2.44. The van der Waals surface area contributed by atoms with Crippen molar-refractivity contribution in [2.75, 3.05) is 14.2 Å². The van der Waals surface area contributed by atoms with E-state index in [9.17, 15) is 9.59 Å². The molecule has 1 aromatic rings. The Balaban J connectivity index is 2.76. The minimum absolute atomic E-state index is 0.256. The Labute approximate surface area is 118 Å². The smallest absolute Gasteiger partial charge is 0.251 e. The second-order valence-electron chi connectivity index (χ2n) is 4.27. The van der Waals surface area contributed by atoms with Crippen molar-refractivity contribution in [2.24, 2.45) is 5.73 Å². The third-order valence-electron chi connectivity index (χ3n) is 2.98. The van der Waals surface area contributed by atoms with Gasteiger partial charge in [0, 0.05) is 25.3 Å². The molecule has 0 radical (unpaired) electrons. The predicted molar refractivity (Wildman–Crippen MR) is 74.3 cm³/mol. The summed E-state index contributed by atoms with van der Waals surface area (Å²) in [6, 6.07) is 5.88. The van der Waals surface area contributed by atoms with Gasteiger partial charge in [0.2, 0.25) is 5.91 Å². The van der Waals surface area contributed by atoms with Crippen molar-refractivity contribution in [1.29, 1.82) is 0 Å². The van der Waals surface area contributed by atoms with Gasteiger partial charge in [-0.3, -0.25) is 9.59 Å². The van der Waals surface area contributed by atoms with Crippen molar-refractivity contribution >= 4 is 11.8 Å². The average Bonchev–Trinajstić information content (AvgIpc) is 2.47. The van der Waals surface area contributed by atoms with Crippen LogP contribution in [0.3, 0.4) is 0 Å². The Hall–Kier alpha value is -1.92. The highest BCUT2D eigenvalue weighted by Crippen LogP contribution is 2.08. The minimum atomic E-state index is -0.526. The van der Waals surface area contributed by atoms with Crippen molar-refractivity contribution in [3.8, 4) is 0 Å². The van der Waals surface area contributed by atoms with Crippen LogP contribution in [0, 0.1) is 0 Å². The molecule has 0 saturated carbocycles. The number of carbonyl (C=O) groups is 2. The molecular weight excluding hydrogens is 260 g/mol. The van der Waals surface area contributed by atoms with Crippen molar-refractivity contribution in [2.45, 2.75) is 25.7 Å². The van der Waals surface area contributed by atoms with Crippen LogP contribution in [0.5, 0.6) is 0 Å². The van der Waals surface area contributed by atoms with Gasteiger partial charge in [0.15, 0.2) is 6.29 Å². The summed E-state index contributed by atoms with van der Waals surface area (Å²) in [6.07, 6.45) is 0.158. The van der Waals surface area contributed by atoms with Crippen molar-refractivity contribution in [3.05, 3.63) is 35.4 Å². The van der Waals surface area contributed by atoms with Crippen molar-refractivity contribution < 1.29 is 19.1 Å². The van der Waals surface area contributed by atoms with Gasteiger partial charge < -0.3 is 20.5 Å². The maximum absolute atomic E-state index is 12.1. The van der Waals surface area contributed by atoms with Crippen LogP contribution in [-0.2, 0) is 9.47 Å². The summed E-state index contributed by atoms with van der Waals surface area (Å²) in [7, 11) is 3.04. The number of nitrogens with two attached hydrogens (primary N) is 1. The number of hydrogen-bond acceptors (Lipinski definition) is 4. The maximum Gasteiger partial charge on any atom is 0.251 e. The lowest BCUT2D eigenvalue weighted by Gasteiger charge is -2.24. The van der Waals surface area contributed by atoms with E-state index in [1.807, 2.05) is 6.92 Å². The van der Waals surface area contributed by atoms with E-state index in [1.54, 1.807) is 12.1 Å². The molecular formula is C14H20N2O4. The van der Waals surface area contributed by atoms with Crippen LogP contribution in [0.1, 0.15) is 34.1 Å². The number of rotatable bonds is 7. The Morgan fingerprint density at radius 3 is 2.05 bits per heavy atom. The first-order chi connectivity index (χ1) is 9.53. The Bertz CT molecular complexity index is 455. The molecule has 0 bridgehead atoms. The second kappa shape index (κ2) is 7.62. The predicted octanol–water partition coefficient (Wildman–Crippen LogP) is 0.913.